The molecule has 2 aliphatic rings. The number of hydrogen-bond acceptors (Lipinski definition) is 1. The molecule has 1 saturated heterocycles. The lowest BCUT2D eigenvalue weighted by molar-refractivity contribution is -0.191. The molecule has 1 nitrogen and oxygen atoms in total. The Bertz CT molecular complexity index is 225. The van der Waals surface area contributed by atoms with E-state index in [0.717, 1.165) is 19.5 Å². The van der Waals surface area contributed by atoms with Gasteiger partial charge in [0.2, 0.25) is 0 Å². The highest BCUT2D eigenvalue weighted by Crippen LogP contribution is 2.58. The lowest BCUT2D eigenvalue weighted by Gasteiger charge is -2.25. The monoisotopic (exact) mass is 225 g/mol. The van der Waals surface area contributed by atoms with Crippen LogP contribution >= 0.6 is 9.24 Å². The maximum absolute atomic E-state index is 12.6. The second-order valence-corrected chi connectivity index (χ2v) is 5.50. The van der Waals surface area contributed by atoms with E-state index >= 15 is 0 Å². The molecule has 0 radical (unpaired) electrons. The molecule has 1 saturated carbocycles. The third kappa shape index (κ3) is 1.92. The molecule has 2 rings (SSSR count). The molecule has 1 heterocycles. The Balaban J connectivity index is 1.92. The molecule has 5 heteroatoms. The van der Waals surface area contributed by atoms with E-state index in [0.29, 0.717) is 18.5 Å². The molecule has 2 atom stereocenters. The minimum Gasteiger partial charge on any atom is -0.302 e. The third-order valence-electron chi connectivity index (χ3n) is 3.29. The van der Waals surface area contributed by atoms with Crippen LogP contribution in [0.4, 0.5) is 13.2 Å². The number of likely N-dealkylation sites (tertiary alicyclic amines) is 1. The van der Waals surface area contributed by atoms with Crippen LogP contribution < -0.4 is 0 Å². The van der Waals surface area contributed by atoms with Gasteiger partial charge in [0.25, 0.3) is 0 Å². The Morgan fingerprint density at radius 3 is 2.36 bits per heavy atom. The highest BCUT2D eigenvalue weighted by Gasteiger charge is 2.63. The van der Waals surface area contributed by atoms with Gasteiger partial charge in [0.1, 0.15) is 0 Å². The fraction of sp³-hybridized carbons (Fsp3) is 1.00. The van der Waals surface area contributed by atoms with Crippen molar-refractivity contribution in [3.63, 3.8) is 0 Å². The normalized spacial score (nSPS) is 32.1. The lowest BCUT2D eigenvalue weighted by Crippen LogP contribution is -2.37. The van der Waals surface area contributed by atoms with Crippen molar-refractivity contribution in [1.82, 2.24) is 4.90 Å². The van der Waals surface area contributed by atoms with Crippen molar-refractivity contribution in [1.29, 1.82) is 0 Å². The van der Waals surface area contributed by atoms with E-state index in [4.69, 9.17) is 0 Å². The first-order chi connectivity index (χ1) is 6.43. The molecule has 0 bridgehead atoms. The van der Waals surface area contributed by atoms with Crippen LogP contribution in [-0.4, -0.2) is 36.4 Å². The second-order valence-electron chi connectivity index (χ2n) is 4.56. The van der Waals surface area contributed by atoms with Crippen LogP contribution in [0.1, 0.15) is 19.3 Å². The number of rotatable bonds is 2. The first kappa shape index (κ1) is 10.7. The molecular weight excluding hydrogens is 210 g/mol. The van der Waals surface area contributed by atoms with Crippen LogP contribution in [-0.2, 0) is 0 Å². The quantitative estimate of drug-likeness (QED) is 0.652. The van der Waals surface area contributed by atoms with E-state index in [9.17, 15) is 13.2 Å². The third-order valence-corrected chi connectivity index (χ3v) is 3.83. The number of alkyl halides is 3. The van der Waals surface area contributed by atoms with Gasteiger partial charge in [0, 0.05) is 13.1 Å². The van der Waals surface area contributed by atoms with Crippen molar-refractivity contribution < 1.29 is 13.2 Å². The topological polar surface area (TPSA) is 3.24 Å². The van der Waals surface area contributed by atoms with Crippen molar-refractivity contribution >= 4 is 9.24 Å². The Morgan fingerprint density at radius 2 is 2.00 bits per heavy atom. The van der Waals surface area contributed by atoms with Crippen molar-refractivity contribution in [3.05, 3.63) is 0 Å². The van der Waals surface area contributed by atoms with Crippen LogP contribution in [0.15, 0.2) is 0 Å². The number of nitrogens with zero attached hydrogens (tertiary/aromatic N) is 1. The molecular formula is C9H15F3NP. The number of halogens is 3. The summed E-state index contributed by atoms with van der Waals surface area (Å²) in [5.41, 5.74) is -0.860. The van der Waals surface area contributed by atoms with Gasteiger partial charge in [-0.05, 0) is 31.5 Å². The van der Waals surface area contributed by atoms with Gasteiger partial charge in [-0.2, -0.15) is 13.2 Å². The van der Waals surface area contributed by atoms with Gasteiger partial charge in [0.15, 0.2) is 0 Å². The smallest absolute Gasteiger partial charge is 0.302 e. The first-order valence-electron chi connectivity index (χ1n) is 4.98. The molecule has 82 valence electrons. The summed E-state index contributed by atoms with van der Waals surface area (Å²) in [6.07, 6.45) is -2.33. The van der Waals surface area contributed by atoms with Crippen LogP contribution in [0.3, 0.4) is 0 Å². The highest BCUT2D eigenvalue weighted by molar-refractivity contribution is 7.17. The minimum absolute atomic E-state index is 0.224. The summed E-state index contributed by atoms with van der Waals surface area (Å²) in [6.45, 7) is 1.86. The van der Waals surface area contributed by atoms with Crippen molar-refractivity contribution in [2.45, 2.75) is 31.1 Å². The largest absolute Gasteiger partial charge is 0.395 e. The molecule has 1 aliphatic carbocycles. The Kier molecular flexibility index (Phi) is 2.55. The molecule has 14 heavy (non-hydrogen) atoms. The van der Waals surface area contributed by atoms with E-state index in [1.165, 1.54) is 0 Å². The van der Waals surface area contributed by atoms with Gasteiger partial charge >= 0.3 is 6.18 Å². The molecule has 0 aromatic rings. The zero-order valence-electron chi connectivity index (χ0n) is 7.98. The van der Waals surface area contributed by atoms with Gasteiger partial charge in [0.05, 0.1) is 5.41 Å². The van der Waals surface area contributed by atoms with Gasteiger partial charge in [-0.15, -0.1) is 9.24 Å². The zero-order valence-corrected chi connectivity index (χ0v) is 9.13. The maximum Gasteiger partial charge on any atom is 0.395 e. The predicted octanol–water partition coefficient (Wildman–Crippen LogP) is 2.28. The van der Waals surface area contributed by atoms with E-state index in [-0.39, 0.29) is 6.54 Å². The minimum atomic E-state index is -3.99. The standard InChI is InChI=1S/C9H15F3NP/c10-9(11,12)8(2-3-8)6-13-4-1-7(14)5-13/h7H,1-6,14H2. The van der Waals surface area contributed by atoms with Crippen LogP contribution in [0.5, 0.6) is 0 Å². The van der Waals surface area contributed by atoms with E-state index < -0.39 is 11.6 Å². The van der Waals surface area contributed by atoms with E-state index in [1.54, 1.807) is 0 Å². The highest BCUT2D eigenvalue weighted by atomic mass is 31.0. The Labute approximate surface area is 84.2 Å². The molecule has 2 fully saturated rings. The summed E-state index contributed by atoms with van der Waals surface area (Å²) in [5, 5.41) is 0. The SMILES string of the molecule is FC(F)(F)C1(CN2CCC(P)C2)CC1. The maximum atomic E-state index is 12.6. The van der Waals surface area contributed by atoms with Crippen molar-refractivity contribution in [2.24, 2.45) is 5.41 Å². The van der Waals surface area contributed by atoms with Gasteiger partial charge in [-0.3, -0.25) is 0 Å². The molecule has 0 aromatic heterocycles. The Morgan fingerprint density at radius 1 is 1.36 bits per heavy atom. The lowest BCUT2D eigenvalue weighted by atomic mass is 10.1. The average Bonchev–Trinajstić information content (AvgIpc) is 2.71. The predicted molar refractivity (Wildman–Crippen MR) is 52.3 cm³/mol. The van der Waals surface area contributed by atoms with Crippen LogP contribution in [0.25, 0.3) is 0 Å². The summed E-state index contributed by atoms with van der Waals surface area (Å²) >= 11 is 0. The van der Waals surface area contributed by atoms with E-state index in [2.05, 4.69) is 9.24 Å². The van der Waals surface area contributed by atoms with Gasteiger partial charge in [-0.25, -0.2) is 0 Å². The average molecular weight is 225 g/mol. The fourth-order valence-electron chi connectivity index (χ4n) is 2.12. The molecule has 1 aliphatic heterocycles. The Hall–Kier alpha value is 0.180. The summed E-state index contributed by atoms with van der Waals surface area (Å²) in [6, 6.07) is 0. The second kappa shape index (κ2) is 3.34. The molecule has 0 aromatic carbocycles. The van der Waals surface area contributed by atoms with Gasteiger partial charge in [-0.1, -0.05) is 0 Å². The summed E-state index contributed by atoms with van der Waals surface area (Å²) in [7, 11) is 2.70. The first-order valence-corrected chi connectivity index (χ1v) is 5.64. The van der Waals surface area contributed by atoms with Gasteiger partial charge < -0.3 is 4.90 Å². The van der Waals surface area contributed by atoms with Crippen LogP contribution in [0.2, 0.25) is 0 Å². The van der Waals surface area contributed by atoms with Crippen molar-refractivity contribution in [2.75, 3.05) is 19.6 Å². The molecule has 0 N–H and O–H groups in total. The van der Waals surface area contributed by atoms with Crippen molar-refractivity contribution in [3.8, 4) is 0 Å². The molecule has 0 amide bonds. The summed E-state index contributed by atoms with van der Waals surface area (Å²) < 4.78 is 37.8. The summed E-state index contributed by atoms with van der Waals surface area (Å²) in [5.74, 6) is 0. The van der Waals surface area contributed by atoms with Crippen LogP contribution in [0, 0.1) is 5.41 Å². The summed E-state index contributed by atoms with van der Waals surface area (Å²) in [4.78, 5) is 1.96. The molecule has 2 unspecified atom stereocenters. The van der Waals surface area contributed by atoms with E-state index in [1.807, 2.05) is 4.90 Å². The molecule has 0 spiro atoms. The zero-order chi connectivity index (χ0) is 10.4. The number of hydrogen-bond donors (Lipinski definition) is 0. The fourth-order valence-corrected chi connectivity index (χ4v) is 2.56.